The number of carbonyl (C=O) groups excluding carboxylic acids is 1. The number of hydrogen-bond acceptors (Lipinski definition) is 2. The van der Waals surface area contributed by atoms with E-state index < -0.39 is 0 Å². The van der Waals surface area contributed by atoms with Gasteiger partial charge in [-0.1, -0.05) is 24.3 Å². The van der Waals surface area contributed by atoms with Gasteiger partial charge in [-0.05, 0) is 51.7 Å². The molecule has 1 aliphatic rings. The minimum Gasteiger partial charge on any atom is -0.324 e. The number of anilines is 1. The van der Waals surface area contributed by atoms with Crippen LogP contribution >= 0.6 is 15.9 Å². The second kappa shape index (κ2) is 5.95. The minimum atomic E-state index is -0.379. The zero-order valence-electron chi connectivity index (χ0n) is 11.2. The molecule has 0 aromatic heterocycles. The van der Waals surface area contributed by atoms with E-state index in [1.54, 1.807) is 6.07 Å². The number of nitrogens with one attached hydrogen (secondary N) is 2. The fraction of sp³-hybridized carbons (Fsp3) is 0.188. The van der Waals surface area contributed by atoms with Gasteiger partial charge in [-0.25, -0.2) is 4.39 Å². The van der Waals surface area contributed by atoms with Gasteiger partial charge in [-0.15, -0.1) is 0 Å². The monoisotopic (exact) mass is 348 g/mol. The second-order valence-electron chi connectivity index (χ2n) is 5.02. The molecule has 1 atom stereocenters. The number of hydrogen-bond donors (Lipinski definition) is 2. The predicted molar refractivity (Wildman–Crippen MR) is 83.5 cm³/mol. The standard InChI is InChI=1S/C16H14BrFN2O/c17-13-6-5-12(18)8-14(13)20-16(21)15-7-10-3-1-2-4-11(10)9-19-15/h1-6,8,15,19H,7,9H2,(H,20,21)/t15-/m0/s1. The molecule has 0 bridgehead atoms. The van der Waals surface area contributed by atoms with Crippen LogP contribution in [-0.4, -0.2) is 11.9 Å². The molecule has 21 heavy (non-hydrogen) atoms. The average molecular weight is 349 g/mol. The Balaban J connectivity index is 1.74. The van der Waals surface area contributed by atoms with Crippen LogP contribution in [0, 0.1) is 5.82 Å². The van der Waals surface area contributed by atoms with E-state index in [1.807, 2.05) is 18.2 Å². The molecule has 2 aromatic carbocycles. The van der Waals surface area contributed by atoms with E-state index in [0.717, 1.165) is 0 Å². The van der Waals surface area contributed by atoms with Gasteiger partial charge in [0.15, 0.2) is 0 Å². The number of rotatable bonds is 2. The molecule has 1 amide bonds. The molecule has 0 spiro atoms. The molecule has 3 nitrogen and oxygen atoms in total. The molecule has 0 saturated heterocycles. The lowest BCUT2D eigenvalue weighted by molar-refractivity contribution is -0.118. The van der Waals surface area contributed by atoms with Crippen LogP contribution in [0.5, 0.6) is 0 Å². The molecule has 0 aliphatic carbocycles. The summed E-state index contributed by atoms with van der Waals surface area (Å²) in [6.45, 7) is 0.665. The topological polar surface area (TPSA) is 41.1 Å². The number of carbonyl (C=O) groups is 1. The van der Waals surface area contributed by atoms with E-state index in [-0.39, 0.29) is 17.8 Å². The van der Waals surface area contributed by atoms with Crippen molar-refractivity contribution >= 4 is 27.5 Å². The molecular weight excluding hydrogens is 335 g/mol. The Bertz CT molecular complexity index is 690. The Morgan fingerprint density at radius 1 is 1.24 bits per heavy atom. The Hall–Kier alpha value is -1.72. The quantitative estimate of drug-likeness (QED) is 0.874. The van der Waals surface area contributed by atoms with E-state index >= 15 is 0 Å². The highest BCUT2D eigenvalue weighted by Gasteiger charge is 2.24. The first-order valence-corrected chi connectivity index (χ1v) is 7.49. The van der Waals surface area contributed by atoms with Crippen molar-refractivity contribution in [1.29, 1.82) is 0 Å². The third-order valence-corrected chi connectivity index (χ3v) is 4.28. The molecule has 2 N–H and O–H groups in total. The normalized spacial score (nSPS) is 17.1. The van der Waals surface area contributed by atoms with Crippen LogP contribution in [0.25, 0.3) is 0 Å². The van der Waals surface area contributed by atoms with E-state index in [4.69, 9.17) is 0 Å². The van der Waals surface area contributed by atoms with Gasteiger partial charge in [-0.2, -0.15) is 0 Å². The molecule has 1 heterocycles. The van der Waals surface area contributed by atoms with Gasteiger partial charge in [0, 0.05) is 11.0 Å². The SMILES string of the molecule is O=C(Nc1cc(F)ccc1Br)[C@@H]1Cc2ccccc2CN1. The maximum absolute atomic E-state index is 13.2. The first kappa shape index (κ1) is 14.2. The molecule has 108 valence electrons. The summed E-state index contributed by atoms with van der Waals surface area (Å²) >= 11 is 3.31. The molecule has 0 fully saturated rings. The van der Waals surface area contributed by atoms with Crippen molar-refractivity contribution in [2.45, 2.75) is 19.0 Å². The summed E-state index contributed by atoms with van der Waals surface area (Å²) < 4.78 is 13.9. The minimum absolute atomic E-state index is 0.157. The maximum atomic E-state index is 13.2. The van der Waals surface area contributed by atoms with Crippen LogP contribution in [0.4, 0.5) is 10.1 Å². The fourth-order valence-electron chi connectivity index (χ4n) is 2.45. The van der Waals surface area contributed by atoms with E-state index in [9.17, 15) is 9.18 Å². The fourth-order valence-corrected chi connectivity index (χ4v) is 2.80. The van der Waals surface area contributed by atoms with Crippen molar-refractivity contribution in [2.24, 2.45) is 0 Å². The van der Waals surface area contributed by atoms with Crippen LogP contribution in [0.1, 0.15) is 11.1 Å². The van der Waals surface area contributed by atoms with Crippen molar-refractivity contribution in [3.05, 3.63) is 63.9 Å². The van der Waals surface area contributed by atoms with Crippen molar-refractivity contribution in [3.8, 4) is 0 Å². The first-order valence-electron chi connectivity index (χ1n) is 6.69. The number of amides is 1. The highest BCUT2D eigenvalue weighted by atomic mass is 79.9. The molecule has 5 heteroatoms. The lowest BCUT2D eigenvalue weighted by Crippen LogP contribution is -2.44. The smallest absolute Gasteiger partial charge is 0.241 e. The van der Waals surface area contributed by atoms with Crippen LogP contribution < -0.4 is 10.6 Å². The number of benzene rings is 2. The Labute approximate surface area is 130 Å². The van der Waals surface area contributed by atoms with Crippen molar-refractivity contribution in [2.75, 3.05) is 5.32 Å². The summed E-state index contributed by atoms with van der Waals surface area (Å²) in [5, 5.41) is 5.97. The van der Waals surface area contributed by atoms with E-state index in [2.05, 4.69) is 32.6 Å². The van der Waals surface area contributed by atoms with Gasteiger partial charge < -0.3 is 10.6 Å². The second-order valence-corrected chi connectivity index (χ2v) is 5.87. The first-order chi connectivity index (χ1) is 10.1. The largest absolute Gasteiger partial charge is 0.324 e. The van der Waals surface area contributed by atoms with Crippen LogP contribution in [-0.2, 0) is 17.8 Å². The highest BCUT2D eigenvalue weighted by Crippen LogP contribution is 2.24. The van der Waals surface area contributed by atoms with E-state index in [0.29, 0.717) is 23.1 Å². The van der Waals surface area contributed by atoms with Crippen LogP contribution in [0.15, 0.2) is 46.9 Å². The summed E-state index contributed by atoms with van der Waals surface area (Å²) in [6, 6.07) is 12.0. The number of halogens is 2. The third kappa shape index (κ3) is 3.14. The Morgan fingerprint density at radius 2 is 2.00 bits per heavy atom. The van der Waals surface area contributed by atoms with Gasteiger partial charge in [0.25, 0.3) is 0 Å². The molecule has 0 saturated carbocycles. The molecule has 3 rings (SSSR count). The molecule has 1 aliphatic heterocycles. The van der Waals surface area contributed by atoms with Crippen molar-refractivity contribution in [1.82, 2.24) is 5.32 Å². The van der Waals surface area contributed by atoms with E-state index in [1.165, 1.54) is 23.3 Å². The molecular formula is C16H14BrFN2O. The summed E-state index contributed by atoms with van der Waals surface area (Å²) in [6.07, 6.45) is 0.634. The molecule has 2 aromatic rings. The zero-order chi connectivity index (χ0) is 14.8. The number of fused-ring (bicyclic) bond motifs is 1. The Morgan fingerprint density at radius 3 is 2.81 bits per heavy atom. The van der Waals surface area contributed by atoms with Gasteiger partial charge >= 0.3 is 0 Å². The molecule has 0 unspecified atom stereocenters. The van der Waals surface area contributed by atoms with Gasteiger partial charge in [-0.3, -0.25) is 4.79 Å². The maximum Gasteiger partial charge on any atom is 0.241 e. The van der Waals surface area contributed by atoms with Gasteiger partial charge in [0.2, 0.25) is 5.91 Å². The van der Waals surface area contributed by atoms with Gasteiger partial charge in [0.05, 0.1) is 11.7 Å². The molecule has 0 radical (unpaired) electrons. The van der Waals surface area contributed by atoms with Crippen molar-refractivity contribution < 1.29 is 9.18 Å². The zero-order valence-corrected chi connectivity index (χ0v) is 12.8. The summed E-state index contributed by atoms with van der Waals surface area (Å²) in [7, 11) is 0. The van der Waals surface area contributed by atoms with Crippen LogP contribution in [0.3, 0.4) is 0 Å². The summed E-state index contributed by atoms with van der Waals surface area (Å²) in [5.74, 6) is -0.536. The average Bonchev–Trinajstić information content (AvgIpc) is 2.50. The highest BCUT2D eigenvalue weighted by molar-refractivity contribution is 9.10. The van der Waals surface area contributed by atoms with Gasteiger partial charge in [0.1, 0.15) is 5.82 Å². The Kier molecular flexibility index (Phi) is 4.03. The summed E-state index contributed by atoms with van der Waals surface area (Å²) in [4.78, 5) is 12.3. The summed E-state index contributed by atoms with van der Waals surface area (Å²) in [5.41, 5.74) is 2.84. The predicted octanol–water partition coefficient (Wildman–Crippen LogP) is 3.24. The van der Waals surface area contributed by atoms with Crippen LogP contribution in [0.2, 0.25) is 0 Å². The lowest BCUT2D eigenvalue weighted by atomic mass is 9.95. The van der Waals surface area contributed by atoms with Crippen molar-refractivity contribution in [3.63, 3.8) is 0 Å². The third-order valence-electron chi connectivity index (χ3n) is 3.58. The lowest BCUT2D eigenvalue weighted by Gasteiger charge is -2.25.